The fourth-order valence-corrected chi connectivity index (χ4v) is 2.23. The van der Waals surface area contributed by atoms with Crippen LogP contribution in [0.4, 0.5) is 0 Å². The van der Waals surface area contributed by atoms with Crippen molar-refractivity contribution >= 4 is 21.8 Å². The van der Waals surface area contributed by atoms with E-state index in [0.717, 1.165) is 12.2 Å². The average Bonchev–Trinajstić information content (AvgIpc) is 3.02. The summed E-state index contributed by atoms with van der Waals surface area (Å²) in [5, 5.41) is 11.3. The van der Waals surface area contributed by atoms with Crippen molar-refractivity contribution < 1.29 is 4.79 Å². The van der Waals surface area contributed by atoms with Gasteiger partial charge in [0.1, 0.15) is 5.69 Å². The second kappa shape index (κ2) is 6.01. The van der Waals surface area contributed by atoms with E-state index in [9.17, 15) is 4.79 Å². The third-order valence-corrected chi connectivity index (χ3v) is 3.34. The van der Waals surface area contributed by atoms with Crippen LogP contribution < -0.4 is 5.32 Å². The predicted octanol–water partition coefficient (Wildman–Crippen LogP) is 1.81. The van der Waals surface area contributed by atoms with Crippen molar-refractivity contribution in [2.24, 2.45) is 0 Å². The number of carbonyl (C=O) groups is 1. The number of aromatic nitrogens is 4. The van der Waals surface area contributed by atoms with Gasteiger partial charge in [-0.25, -0.2) is 0 Å². The van der Waals surface area contributed by atoms with E-state index < -0.39 is 0 Å². The summed E-state index contributed by atoms with van der Waals surface area (Å²) in [6, 6.07) is 1.90. The van der Waals surface area contributed by atoms with Crippen molar-refractivity contribution in [2.45, 2.75) is 33.5 Å². The molecule has 6 nitrogen and oxygen atoms in total. The van der Waals surface area contributed by atoms with Crippen LogP contribution in [-0.2, 0) is 19.6 Å². The van der Waals surface area contributed by atoms with E-state index >= 15 is 0 Å². The molecule has 0 aliphatic carbocycles. The van der Waals surface area contributed by atoms with Gasteiger partial charge in [0.25, 0.3) is 5.91 Å². The molecule has 0 bridgehead atoms. The SMILES string of the molecule is CCn1ccc(CNC(=O)c2c(Br)cnn2CC)n1. The van der Waals surface area contributed by atoms with Crippen molar-refractivity contribution in [3.05, 3.63) is 34.3 Å². The first-order chi connectivity index (χ1) is 9.15. The molecule has 7 heteroatoms. The Kier molecular flexibility index (Phi) is 4.36. The number of nitrogens with one attached hydrogen (secondary N) is 1. The highest BCUT2D eigenvalue weighted by molar-refractivity contribution is 9.10. The molecule has 0 fully saturated rings. The number of aryl methyl sites for hydroxylation is 2. The molecule has 0 saturated heterocycles. The molecule has 0 atom stereocenters. The molecular weight excluding hydrogens is 310 g/mol. The molecule has 0 radical (unpaired) electrons. The van der Waals surface area contributed by atoms with Gasteiger partial charge in [0, 0.05) is 19.3 Å². The lowest BCUT2D eigenvalue weighted by atomic mass is 10.3. The van der Waals surface area contributed by atoms with Gasteiger partial charge in [-0.15, -0.1) is 0 Å². The minimum Gasteiger partial charge on any atom is -0.345 e. The highest BCUT2D eigenvalue weighted by Gasteiger charge is 2.16. The average molecular weight is 326 g/mol. The van der Waals surface area contributed by atoms with E-state index in [0.29, 0.717) is 23.3 Å². The van der Waals surface area contributed by atoms with Crippen LogP contribution in [0.3, 0.4) is 0 Å². The largest absolute Gasteiger partial charge is 0.345 e. The van der Waals surface area contributed by atoms with Crippen molar-refractivity contribution in [2.75, 3.05) is 0 Å². The second-order valence-electron chi connectivity index (χ2n) is 4.00. The number of hydrogen-bond acceptors (Lipinski definition) is 3. The topological polar surface area (TPSA) is 64.7 Å². The van der Waals surface area contributed by atoms with Crippen LogP contribution in [-0.4, -0.2) is 25.5 Å². The lowest BCUT2D eigenvalue weighted by Gasteiger charge is -2.06. The lowest BCUT2D eigenvalue weighted by Crippen LogP contribution is -2.26. The molecule has 1 amide bonds. The molecule has 0 unspecified atom stereocenters. The number of rotatable bonds is 5. The van der Waals surface area contributed by atoms with Crippen molar-refractivity contribution in [1.29, 1.82) is 0 Å². The highest BCUT2D eigenvalue weighted by Crippen LogP contribution is 2.15. The summed E-state index contributed by atoms with van der Waals surface area (Å²) < 4.78 is 4.18. The molecule has 102 valence electrons. The molecule has 19 heavy (non-hydrogen) atoms. The van der Waals surface area contributed by atoms with Crippen LogP contribution in [0.15, 0.2) is 22.9 Å². The summed E-state index contributed by atoms with van der Waals surface area (Å²) in [5.41, 5.74) is 1.38. The predicted molar refractivity (Wildman–Crippen MR) is 74.7 cm³/mol. The molecular formula is C12H16BrN5O. The van der Waals surface area contributed by atoms with E-state index in [-0.39, 0.29) is 5.91 Å². The Morgan fingerprint density at radius 1 is 1.42 bits per heavy atom. The third kappa shape index (κ3) is 3.04. The minimum atomic E-state index is -0.155. The molecule has 2 heterocycles. The van der Waals surface area contributed by atoms with Gasteiger partial charge in [0.2, 0.25) is 0 Å². The van der Waals surface area contributed by atoms with Crippen molar-refractivity contribution in [1.82, 2.24) is 24.9 Å². The van der Waals surface area contributed by atoms with Gasteiger partial charge in [0.15, 0.2) is 0 Å². The van der Waals surface area contributed by atoms with E-state index in [1.807, 2.05) is 30.8 Å². The molecule has 2 rings (SSSR count). The van der Waals surface area contributed by atoms with Crippen molar-refractivity contribution in [3.8, 4) is 0 Å². The Morgan fingerprint density at radius 3 is 2.84 bits per heavy atom. The van der Waals surface area contributed by atoms with Gasteiger partial charge in [0.05, 0.1) is 22.9 Å². The fourth-order valence-electron chi connectivity index (χ4n) is 1.76. The molecule has 2 aromatic rings. The van der Waals surface area contributed by atoms with Crippen LogP contribution in [0, 0.1) is 0 Å². The summed E-state index contributed by atoms with van der Waals surface area (Å²) in [6.45, 7) is 5.85. The summed E-state index contributed by atoms with van der Waals surface area (Å²) >= 11 is 3.34. The molecule has 0 aromatic carbocycles. The number of amides is 1. The highest BCUT2D eigenvalue weighted by atomic mass is 79.9. The van der Waals surface area contributed by atoms with Gasteiger partial charge in [-0.05, 0) is 35.8 Å². The number of halogens is 1. The summed E-state index contributed by atoms with van der Waals surface area (Å²) in [5.74, 6) is -0.155. The van der Waals surface area contributed by atoms with Crippen LogP contribution in [0.5, 0.6) is 0 Å². The summed E-state index contributed by atoms with van der Waals surface area (Å²) in [6.07, 6.45) is 3.53. The smallest absolute Gasteiger partial charge is 0.271 e. The Labute approximate surface area is 119 Å². The Bertz CT molecular complexity index is 574. The van der Waals surface area contributed by atoms with E-state index in [1.54, 1.807) is 10.9 Å². The number of nitrogens with zero attached hydrogens (tertiary/aromatic N) is 4. The van der Waals surface area contributed by atoms with Crippen LogP contribution >= 0.6 is 15.9 Å². The fraction of sp³-hybridized carbons (Fsp3) is 0.417. The lowest BCUT2D eigenvalue weighted by molar-refractivity contribution is 0.0939. The summed E-state index contributed by atoms with van der Waals surface area (Å²) in [7, 11) is 0. The van der Waals surface area contributed by atoms with Crippen LogP contribution in [0.25, 0.3) is 0 Å². The van der Waals surface area contributed by atoms with Gasteiger partial charge in [-0.3, -0.25) is 14.2 Å². The first-order valence-corrected chi connectivity index (χ1v) is 6.96. The van der Waals surface area contributed by atoms with Gasteiger partial charge in [-0.2, -0.15) is 10.2 Å². The Morgan fingerprint density at radius 2 is 2.21 bits per heavy atom. The van der Waals surface area contributed by atoms with Crippen molar-refractivity contribution in [3.63, 3.8) is 0 Å². The van der Waals surface area contributed by atoms with Gasteiger partial charge in [-0.1, -0.05) is 0 Å². The van der Waals surface area contributed by atoms with E-state index in [4.69, 9.17) is 0 Å². The summed E-state index contributed by atoms with van der Waals surface area (Å²) in [4.78, 5) is 12.1. The molecule has 0 saturated carbocycles. The number of carbonyl (C=O) groups excluding carboxylic acids is 1. The standard InChI is InChI=1S/C12H16BrN5O/c1-3-17-6-5-9(16-17)7-14-12(19)11-10(13)8-15-18(11)4-2/h5-6,8H,3-4,7H2,1-2H3,(H,14,19). The zero-order chi connectivity index (χ0) is 13.8. The zero-order valence-electron chi connectivity index (χ0n) is 10.9. The van der Waals surface area contributed by atoms with Gasteiger partial charge >= 0.3 is 0 Å². The Hall–Kier alpha value is -1.63. The molecule has 1 N–H and O–H groups in total. The maximum Gasteiger partial charge on any atom is 0.271 e. The zero-order valence-corrected chi connectivity index (χ0v) is 12.5. The van der Waals surface area contributed by atoms with Crippen LogP contribution in [0.1, 0.15) is 30.0 Å². The molecule has 0 spiro atoms. The third-order valence-electron chi connectivity index (χ3n) is 2.76. The maximum atomic E-state index is 12.1. The van der Waals surface area contributed by atoms with Gasteiger partial charge < -0.3 is 5.32 Å². The molecule has 0 aliphatic rings. The quantitative estimate of drug-likeness (QED) is 0.911. The monoisotopic (exact) mass is 325 g/mol. The van der Waals surface area contributed by atoms with Crippen LogP contribution in [0.2, 0.25) is 0 Å². The number of hydrogen-bond donors (Lipinski definition) is 1. The molecule has 0 aliphatic heterocycles. The van der Waals surface area contributed by atoms with E-state index in [1.165, 1.54) is 0 Å². The first kappa shape index (κ1) is 13.8. The normalized spacial score (nSPS) is 10.7. The Balaban J connectivity index is 2.03. The minimum absolute atomic E-state index is 0.155. The molecule has 2 aromatic heterocycles. The van der Waals surface area contributed by atoms with E-state index in [2.05, 4.69) is 31.4 Å². The second-order valence-corrected chi connectivity index (χ2v) is 4.86. The maximum absolute atomic E-state index is 12.1. The first-order valence-electron chi connectivity index (χ1n) is 6.17.